The van der Waals surface area contributed by atoms with Crippen molar-refractivity contribution in [2.45, 2.75) is 31.8 Å². The fraction of sp³-hybridized carbons (Fsp3) is 0.583. The van der Waals surface area contributed by atoms with Gasteiger partial charge in [-0.05, 0) is 25.8 Å². The molecule has 0 bridgehead atoms. The van der Waals surface area contributed by atoms with E-state index in [4.69, 9.17) is 5.73 Å². The molecule has 0 saturated carbocycles. The normalized spacial score (nSPS) is 19.3. The van der Waals surface area contributed by atoms with E-state index in [0.29, 0.717) is 0 Å². The lowest BCUT2D eigenvalue weighted by Gasteiger charge is -2.33. The van der Waals surface area contributed by atoms with Crippen LogP contribution in [0.2, 0.25) is 0 Å². The number of halogens is 2. The average molecular weight is 322 g/mol. The summed E-state index contributed by atoms with van der Waals surface area (Å²) in [7, 11) is 0. The molecule has 2 heterocycles. The Balaban J connectivity index is 0.00000180. The van der Waals surface area contributed by atoms with Gasteiger partial charge in [0.1, 0.15) is 0 Å². The standard InChI is InChI=1S/C12H19N5O.2ClH/c1-9(13)11(18)16-10-4-2-7-17(8-10)12-14-5-3-6-15-12;;/h3,5-6,9-10H,2,4,7-8,13H2,1H3,(H,16,18);2*1H/t9-,10?;;/m1../s1. The topological polar surface area (TPSA) is 84.1 Å². The first-order chi connectivity index (χ1) is 8.66. The number of nitrogens with zero attached hydrogens (tertiary/aromatic N) is 3. The molecule has 3 N–H and O–H groups in total. The third kappa shape index (κ3) is 5.11. The van der Waals surface area contributed by atoms with Crippen LogP contribution in [0.5, 0.6) is 0 Å². The van der Waals surface area contributed by atoms with Crippen LogP contribution < -0.4 is 16.0 Å². The molecule has 1 aliphatic heterocycles. The second kappa shape index (κ2) is 8.94. The number of nitrogens with one attached hydrogen (secondary N) is 1. The highest BCUT2D eigenvalue weighted by molar-refractivity contribution is 5.85. The van der Waals surface area contributed by atoms with Crippen molar-refractivity contribution in [2.24, 2.45) is 5.73 Å². The van der Waals surface area contributed by atoms with Gasteiger partial charge in [0.15, 0.2) is 0 Å². The summed E-state index contributed by atoms with van der Waals surface area (Å²) in [5, 5.41) is 2.96. The van der Waals surface area contributed by atoms with Gasteiger partial charge >= 0.3 is 0 Å². The van der Waals surface area contributed by atoms with Crippen LogP contribution in [0.3, 0.4) is 0 Å². The number of piperidine rings is 1. The van der Waals surface area contributed by atoms with Gasteiger partial charge in [0.2, 0.25) is 11.9 Å². The Morgan fingerprint density at radius 3 is 2.70 bits per heavy atom. The summed E-state index contributed by atoms with van der Waals surface area (Å²) in [4.78, 5) is 22.1. The van der Waals surface area contributed by atoms with Crippen molar-refractivity contribution >= 4 is 36.7 Å². The molecule has 0 spiro atoms. The Labute approximate surface area is 131 Å². The number of carbonyl (C=O) groups is 1. The summed E-state index contributed by atoms with van der Waals surface area (Å²) in [6, 6.07) is 1.46. The van der Waals surface area contributed by atoms with Gasteiger partial charge in [-0.3, -0.25) is 4.79 Å². The molecule has 1 unspecified atom stereocenters. The molecular weight excluding hydrogens is 301 g/mol. The van der Waals surface area contributed by atoms with E-state index < -0.39 is 6.04 Å². The van der Waals surface area contributed by atoms with E-state index in [1.165, 1.54) is 0 Å². The Hall–Kier alpha value is -1.11. The third-order valence-corrected chi connectivity index (χ3v) is 3.02. The Bertz CT molecular complexity index is 404. The van der Waals surface area contributed by atoms with Gasteiger partial charge in [0, 0.05) is 31.5 Å². The first kappa shape index (κ1) is 18.9. The average Bonchev–Trinajstić information content (AvgIpc) is 2.40. The van der Waals surface area contributed by atoms with Crippen LogP contribution in [-0.4, -0.2) is 41.0 Å². The number of amides is 1. The van der Waals surface area contributed by atoms with Crippen molar-refractivity contribution in [3.05, 3.63) is 18.5 Å². The monoisotopic (exact) mass is 321 g/mol. The molecule has 6 nitrogen and oxygen atoms in total. The molecule has 2 rings (SSSR count). The number of aromatic nitrogens is 2. The zero-order valence-electron chi connectivity index (χ0n) is 11.4. The first-order valence-electron chi connectivity index (χ1n) is 6.24. The van der Waals surface area contributed by atoms with E-state index in [-0.39, 0.29) is 36.8 Å². The minimum Gasteiger partial charge on any atom is -0.350 e. The zero-order valence-corrected chi connectivity index (χ0v) is 13.0. The molecule has 20 heavy (non-hydrogen) atoms. The molecule has 0 aliphatic carbocycles. The van der Waals surface area contributed by atoms with Gasteiger partial charge in [-0.15, -0.1) is 24.8 Å². The second-order valence-corrected chi connectivity index (χ2v) is 4.63. The molecule has 1 aromatic heterocycles. The Kier molecular flexibility index (Phi) is 8.45. The fourth-order valence-corrected chi connectivity index (χ4v) is 2.06. The van der Waals surface area contributed by atoms with Crippen LogP contribution in [0.25, 0.3) is 0 Å². The van der Waals surface area contributed by atoms with Crippen molar-refractivity contribution in [3.8, 4) is 0 Å². The predicted octanol–water partition coefficient (Wildman–Crippen LogP) is 0.752. The third-order valence-electron chi connectivity index (χ3n) is 3.02. The molecule has 0 aromatic carbocycles. The van der Waals surface area contributed by atoms with Crippen LogP contribution >= 0.6 is 24.8 Å². The van der Waals surface area contributed by atoms with Crippen molar-refractivity contribution in [2.75, 3.05) is 18.0 Å². The van der Waals surface area contributed by atoms with Crippen LogP contribution in [0.4, 0.5) is 5.95 Å². The largest absolute Gasteiger partial charge is 0.350 e. The van der Waals surface area contributed by atoms with Crippen molar-refractivity contribution in [3.63, 3.8) is 0 Å². The molecule has 1 aliphatic rings. The first-order valence-corrected chi connectivity index (χ1v) is 6.24. The van der Waals surface area contributed by atoms with E-state index >= 15 is 0 Å². The summed E-state index contributed by atoms with van der Waals surface area (Å²) in [6.07, 6.45) is 5.45. The van der Waals surface area contributed by atoms with Crippen molar-refractivity contribution in [1.29, 1.82) is 0 Å². The number of nitrogens with two attached hydrogens (primary N) is 1. The van der Waals surface area contributed by atoms with Gasteiger partial charge in [-0.25, -0.2) is 9.97 Å². The zero-order chi connectivity index (χ0) is 13.0. The van der Waals surface area contributed by atoms with E-state index in [0.717, 1.165) is 31.9 Å². The smallest absolute Gasteiger partial charge is 0.236 e. The molecular formula is C12H21Cl2N5O. The molecule has 1 amide bonds. The molecule has 1 aromatic rings. The molecule has 1 saturated heterocycles. The van der Waals surface area contributed by atoms with Gasteiger partial charge in [0.05, 0.1) is 6.04 Å². The number of hydrogen-bond donors (Lipinski definition) is 2. The van der Waals surface area contributed by atoms with Gasteiger partial charge in [-0.1, -0.05) is 0 Å². The van der Waals surface area contributed by atoms with Crippen molar-refractivity contribution < 1.29 is 4.79 Å². The summed E-state index contributed by atoms with van der Waals surface area (Å²) >= 11 is 0. The quantitative estimate of drug-likeness (QED) is 0.858. The summed E-state index contributed by atoms with van der Waals surface area (Å²) in [5.74, 6) is 0.619. The van der Waals surface area contributed by atoms with E-state index in [9.17, 15) is 4.79 Å². The maximum Gasteiger partial charge on any atom is 0.236 e. The number of carbonyl (C=O) groups excluding carboxylic acids is 1. The van der Waals surface area contributed by atoms with Gasteiger partial charge in [0.25, 0.3) is 0 Å². The minimum absolute atomic E-state index is 0. The predicted molar refractivity (Wildman–Crippen MR) is 83.6 cm³/mol. The lowest BCUT2D eigenvalue weighted by molar-refractivity contribution is -0.122. The van der Waals surface area contributed by atoms with Crippen LogP contribution in [0, 0.1) is 0 Å². The molecule has 2 atom stereocenters. The van der Waals surface area contributed by atoms with Crippen molar-refractivity contribution in [1.82, 2.24) is 15.3 Å². The molecule has 8 heteroatoms. The minimum atomic E-state index is -0.464. The summed E-state index contributed by atoms with van der Waals surface area (Å²) in [6.45, 7) is 3.35. The highest BCUT2D eigenvalue weighted by atomic mass is 35.5. The second-order valence-electron chi connectivity index (χ2n) is 4.63. The van der Waals surface area contributed by atoms with Crippen LogP contribution in [0.1, 0.15) is 19.8 Å². The van der Waals surface area contributed by atoms with Crippen LogP contribution in [0.15, 0.2) is 18.5 Å². The molecule has 0 radical (unpaired) electrons. The number of rotatable bonds is 3. The highest BCUT2D eigenvalue weighted by Crippen LogP contribution is 2.15. The maximum absolute atomic E-state index is 11.6. The number of hydrogen-bond acceptors (Lipinski definition) is 5. The number of anilines is 1. The fourth-order valence-electron chi connectivity index (χ4n) is 2.06. The lowest BCUT2D eigenvalue weighted by atomic mass is 10.1. The summed E-state index contributed by atoms with van der Waals surface area (Å²) < 4.78 is 0. The van der Waals surface area contributed by atoms with Gasteiger partial charge in [-0.2, -0.15) is 0 Å². The SMILES string of the molecule is C[C@@H](N)C(=O)NC1CCCN(c2ncccn2)C1.Cl.Cl. The lowest BCUT2D eigenvalue weighted by Crippen LogP contribution is -2.51. The van der Waals surface area contributed by atoms with E-state index in [1.807, 2.05) is 0 Å². The maximum atomic E-state index is 11.6. The molecule has 1 fully saturated rings. The Morgan fingerprint density at radius 2 is 2.10 bits per heavy atom. The highest BCUT2D eigenvalue weighted by Gasteiger charge is 2.23. The van der Waals surface area contributed by atoms with E-state index in [1.54, 1.807) is 25.4 Å². The van der Waals surface area contributed by atoms with Crippen LogP contribution in [-0.2, 0) is 4.79 Å². The molecule has 114 valence electrons. The Morgan fingerprint density at radius 1 is 1.45 bits per heavy atom. The van der Waals surface area contributed by atoms with E-state index in [2.05, 4.69) is 20.2 Å². The van der Waals surface area contributed by atoms with Gasteiger partial charge < -0.3 is 16.0 Å². The summed E-state index contributed by atoms with van der Waals surface area (Å²) in [5.41, 5.74) is 5.55.